The Bertz CT molecular complexity index is 419. The molecule has 0 unspecified atom stereocenters. The lowest BCUT2D eigenvalue weighted by molar-refractivity contribution is 0.812. The van der Waals surface area contributed by atoms with Crippen LogP contribution in [-0.4, -0.2) is 26.8 Å². The van der Waals surface area contributed by atoms with Crippen LogP contribution in [0.1, 0.15) is 10.8 Å². The molecule has 0 aromatic carbocycles. The highest BCUT2D eigenvalue weighted by molar-refractivity contribution is 7.15. The molecule has 0 aliphatic carbocycles. The first-order valence-electron chi connectivity index (χ1n) is 4.26. The summed E-state index contributed by atoms with van der Waals surface area (Å²) in [4.78, 5) is 4.23. The fraction of sp³-hybridized carbons (Fsp3) is 0.375. The lowest BCUT2D eigenvalue weighted by Crippen LogP contribution is -1.97. The summed E-state index contributed by atoms with van der Waals surface area (Å²) in [5.74, 6) is 1.00. The van der Waals surface area contributed by atoms with E-state index in [2.05, 4.69) is 20.5 Å². The van der Waals surface area contributed by atoms with E-state index in [4.69, 9.17) is 0 Å². The van der Waals surface area contributed by atoms with Gasteiger partial charge in [0.1, 0.15) is 10.8 Å². The highest BCUT2D eigenvalue weighted by Crippen LogP contribution is 2.16. The number of nitrogens with one attached hydrogen (secondary N) is 1. The van der Waals surface area contributed by atoms with E-state index in [1.54, 1.807) is 17.5 Å². The van der Waals surface area contributed by atoms with E-state index in [0.29, 0.717) is 0 Å². The Labute approximate surface area is 85.8 Å². The fourth-order valence-electron chi connectivity index (χ4n) is 1.13. The quantitative estimate of drug-likeness (QED) is 0.816. The van der Waals surface area contributed by atoms with E-state index < -0.39 is 0 Å². The van der Waals surface area contributed by atoms with Crippen molar-refractivity contribution in [1.29, 1.82) is 0 Å². The Kier molecular flexibility index (Phi) is 2.45. The van der Waals surface area contributed by atoms with E-state index in [9.17, 15) is 0 Å². The number of hydrogen-bond acceptors (Lipinski definition) is 5. The molecule has 0 aliphatic heterocycles. The molecule has 0 spiro atoms. The van der Waals surface area contributed by atoms with E-state index >= 15 is 0 Å². The second-order valence-corrected chi connectivity index (χ2v) is 3.94. The molecule has 74 valence electrons. The molecule has 0 aliphatic rings. The summed E-state index contributed by atoms with van der Waals surface area (Å²) >= 11 is 1.55. The largest absolute Gasteiger partial charge is 0.363 e. The number of imidazole rings is 1. The molecule has 0 bridgehead atoms. The average Bonchev–Trinajstić information content (AvgIpc) is 2.77. The Morgan fingerprint density at radius 2 is 2.36 bits per heavy atom. The lowest BCUT2D eigenvalue weighted by atomic mass is 10.4. The first-order valence-corrected chi connectivity index (χ1v) is 5.07. The molecule has 5 nitrogen and oxygen atoms in total. The van der Waals surface area contributed by atoms with Gasteiger partial charge in [0.15, 0.2) is 0 Å². The maximum Gasteiger partial charge on any atom is 0.205 e. The minimum absolute atomic E-state index is 0.739. The van der Waals surface area contributed by atoms with Gasteiger partial charge in [-0.05, 0) is 0 Å². The SMILES string of the molecule is CNc1nnc(Cc2nccn2C)s1. The van der Waals surface area contributed by atoms with E-state index in [1.807, 2.05) is 24.9 Å². The summed E-state index contributed by atoms with van der Waals surface area (Å²) in [5, 5.41) is 12.8. The van der Waals surface area contributed by atoms with Crippen LogP contribution in [0.2, 0.25) is 0 Å². The second-order valence-electron chi connectivity index (χ2n) is 2.88. The van der Waals surface area contributed by atoms with Gasteiger partial charge in [0.25, 0.3) is 0 Å². The highest BCUT2D eigenvalue weighted by Gasteiger charge is 2.06. The van der Waals surface area contributed by atoms with Crippen molar-refractivity contribution < 1.29 is 0 Å². The Hall–Kier alpha value is -1.43. The first-order chi connectivity index (χ1) is 6.79. The molecule has 0 fully saturated rings. The predicted molar refractivity (Wildman–Crippen MR) is 55.5 cm³/mol. The van der Waals surface area contributed by atoms with Crippen LogP contribution in [-0.2, 0) is 13.5 Å². The molecule has 0 amide bonds. The van der Waals surface area contributed by atoms with Crippen LogP contribution in [0.4, 0.5) is 5.13 Å². The third kappa shape index (κ3) is 1.74. The normalized spacial score (nSPS) is 10.4. The number of hydrogen-bond donors (Lipinski definition) is 1. The molecule has 2 aromatic heterocycles. The Morgan fingerprint density at radius 3 is 2.93 bits per heavy atom. The maximum atomic E-state index is 4.23. The van der Waals surface area contributed by atoms with Gasteiger partial charge in [-0.15, -0.1) is 10.2 Å². The predicted octanol–water partition coefficient (Wildman–Crippen LogP) is 0.904. The van der Waals surface area contributed by atoms with Crippen LogP contribution in [0.15, 0.2) is 12.4 Å². The van der Waals surface area contributed by atoms with Crippen molar-refractivity contribution in [1.82, 2.24) is 19.7 Å². The molecule has 2 heterocycles. The number of nitrogens with zero attached hydrogens (tertiary/aromatic N) is 4. The molecule has 0 saturated heterocycles. The molecule has 0 radical (unpaired) electrons. The zero-order chi connectivity index (χ0) is 9.97. The zero-order valence-corrected chi connectivity index (χ0v) is 8.88. The monoisotopic (exact) mass is 209 g/mol. The van der Waals surface area contributed by atoms with Crippen molar-refractivity contribution in [2.24, 2.45) is 7.05 Å². The van der Waals surface area contributed by atoms with Crippen molar-refractivity contribution in [3.05, 3.63) is 23.2 Å². The molecule has 0 atom stereocenters. The summed E-state index contributed by atoms with van der Waals surface area (Å²) in [5.41, 5.74) is 0. The van der Waals surface area contributed by atoms with Crippen molar-refractivity contribution in [3.63, 3.8) is 0 Å². The highest BCUT2D eigenvalue weighted by atomic mass is 32.1. The van der Waals surface area contributed by atoms with Gasteiger partial charge in [0, 0.05) is 26.5 Å². The molecule has 1 N–H and O–H groups in total. The lowest BCUT2D eigenvalue weighted by Gasteiger charge is -1.96. The molecule has 2 aromatic rings. The summed E-state index contributed by atoms with van der Waals surface area (Å²) in [6.07, 6.45) is 4.45. The van der Waals surface area contributed by atoms with E-state index in [-0.39, 0.29) is 0 Å². The van der Waals surface area contributed by atoms with Gasteiger partial charge in [0.2, 0.25) is 5.13 Å². The van der Waals surface area contributed by atoms with Crippen LogP contribution in [0, 0.1) is 0 Å². The molecule has 14 heavy (non-hydrogen) atoms. The van der Waals surface area contributed by atoms with Gasteiger partial charge in [0.05, 0.1) is 6.42 Å². The average molecular weight is 209 g/mol. The molecule has 6 heteroatoms. The number of anilines is 1. The van der Waals surface area contributed by atoms with Crippen LogP contribution >= 0.6 is 11.3 Å². The minimum Gasteiger partial charge on any atom is -0.363 e. The van der Waals surface area contributed by atoms with Gasteiger partial charge in [-0.3, -0.25) is 0 Å². The van der Waals surface area contributed by atoms with Crippen LogP contribution in [0.5, 0.6) is 0 Å². The summed E-state index contributed by atoms with van der Waals surface area (Å²) in [7, 11) is 3.81. The standard InChI is InChI=1S/C8H11N5S/c1-9-8-12-11-7(14-8)5-6-10-3-4-13(6)2/h3-4H,5H2,1-2H3,(H,9,12). The van der Waals surface area contributed by atoms with Gasteiger partial charge in [-0.1, -0.05) is 11.3 Å². The minimum atomic E-state index is 0.739. The van der Waals surface area contributed by atoms with Crippen LogP contribution in [0.25, 0.3) is 0 Å². The smallest absolute Gasteiger partial charge is 0.205 e. The van der Waals surface area contributed by atoms with Gasteiger partial charge in [-0.2, -0.15) is 0 Å². The zero-order valence-electron chi connectivity index (χ0n) is 8.06. The van der Waals surface area contributed by atoms with Gasteiger partial charge >= 0.3 is 0 Å². The first kappa shape index (κ1) is 9.14. The van der Waals surface area contributed by atoms with E-state index in [1.165, 1.54) is 0 Å². The number of aryl methyl sites for hydroxylation is 1. The van der Waals surface area contributed by atoms with E-state index in [0.717, 1.165) is 22.4 Å². The van der Waals surface area contributed by atoms with Crippen molar-refractivity contribution in [2.45, 2.75) is 6.42 Å². The second kappa shape index (κ2) is 3.75. The fourth-order valence-corrected chi connectivity index (χ4v) is 1.82. The summed E-state index contributed by atoms with van der Waals surface area (Å²) in [6.45, 7) is 0. The Morgan fingerprint density at radius 1 is 1.50 bits per heavy atom. The summed E-state index contributed by atoms with van der Waals surface area (Å²) in [6, 6.07) is 0. The van der Waals surface area contributed by atoms with Crippen molar-refractivity contribution in [2.75, 3.05) is 12.4 Å². The summed E-state index contributed by atoms with van der Waals surface area (Å²) < 4.78 is 1.99. The molecular formula is C8H11N5S. The number of rotatable bonds is 3. The molecule has 0 saturated carbocycles. The molecular weight excluding hydrogens is 198 g/mol. The van der Waals surface area contributed by atoms with Gasteiger partial charge < -0.3 is 9.88 Å². The molecule has 2 rings (SSSR count). The van der Waals surface area contributed by atoms with Crippen molar-refractivity contribution in [3.8, 4) is 0 Å². The van der Waals surface area contributed by atoms with Crippen molar-refractivity contribution >= 4 is 16.5 Å². The van der Waals surface area contributed by atoms with Crippen LogP contribution in [0.3, 0.4) is 0 Å². The van der Waals surface area contributed by atoms with Gasteiger partial charge in [-0.25, -0.2) is 4.98 Å². The maximum absolute atomic E-state index is 4.23. The third-order valence-corrected chi connectivity index (χ3v) is 2.85. The third-order valence-electron chi connectivity index (χ3n) is 1.91. The Balaban J connectivity index is 2.15. The topological polar surface area (TPSA) is 55.6 Å². The number of aromatic nitrogens is 4. The van der Waals surface area contributed by atoms with Crippen LogP contribution < -0.4 is 5.32 Å².